The number of nitrogens with zero attached hydrogens (tertiary/aromatic N) is 1. The van der Waals surface area contributed by atoms with Crippen molar-refractivity contribution in [2.45, 2.75) is 25.4 Å². The van der Waals surface area contributed by atoms with Crippen molar-refractivity contribution in [2.75, 3.05) is 32.2 Å². The van der Waals surface area contributed by atoms with Crippen LogP contribution in [0.15, 0.2) is 24.3 Å². The maximum absolute atomic E-state index is 5.12. The van der Waals surface area contributed by atoms with Crippen LogP contribution >= 0.6 is 0 Å². The van der Waals surface area contributed by atoms with Gasteiger partial charge >= 0.3 is 0 Å². The van der Waals surface area contributed by atoms with Crippen LogP contribution in [0.3, 0.4) is 0 Å². The first-order chi connectivity index (χ1) is 8.31. The number of anilines is 1. The van der Waals surface area contributed by atoms with Gasteiger partial charge in [-0.15, -0.1) is 0 Å². The zero-order valence-corrected chi connectivity index (χ0v) is 10.8. The average molecular weight is 234 g/mol. The minimum atomic E-state index is 0.757. The zero-order chi connectivity index (χ0) is 12.1. The molecule has 1 saturated carbocycles. The molecule has 1 fully saturated rings. The number of methoxy groups -OCH3 is 1. The SMILES string of the molecule is COCCN(C)c1ccccc1CNC1CC1. The maximum atomic E-state index is 5.12. The molecule has 3 heteroatoms. The first-order valence-corrected chi connectivity index (χ1v) is 6.32. The van der Waals surface area contributed by atoms with Crippen molar-refractivity contribution >= 4 is 5.69 Å². The van der Waals surface area contributed by atoms with Crippen LogP contribution in [0.4, 0.5) is 5.69 Å². The Balaban J connectivity index is 1.97. The lowest BCUT2D eigenvalue weighted by Gasteiger charge is -2.22. The Morgan fingerprint density at radius 2 is 2.12 bits per heavy atom. The number of likely N-dealkylation sites (N-methyl/N-ethyl adjacent to an activating group) is 1. The molecule has 0 aliphatic heterocycles. The highest BCUT2D eigenvalue weighted by Gasteiger charge is 2.20. The van der Waals surface area contributed by atoms with Crippen molar-refractivity contribution < 1.29 is 4.74 Å². The van der Waals surface area contributed by atoms with Crippen LogP contribution in [0, 0.1) is 0 Å². The first kappa shape index (κ1) is 12.4. The van der Waals surface area contributed by atoms with E-state index >= 15 is 0 Å². The molecule has 94 valence electrons. The molecule has 0 saturated heterocycles. The third kappa shape index (κ3) is 3.72. The summed E-state index contributed by atoms with van der Waals surface area (Å²) >= 11 is 0. The summed E-state index contributed by atoms with van der Waals surface area (Å²) in [6.45, 7) is 2.66. The van der Waals surface area contributed by atoms with E-state index in [1.54, 1.807) is 7.11 Å². The van der Waals surface area contributed by atoms with E-state index < -0.39 is 0 Å². The minimum Gasteiger partial charge on any atom is -0.383 e. The number of para-hydroxylation sites is 1. The fourth-order valence-electron chi connectivity index (χ4n) is 1.92. The second-order valence-corrected chi connectivity index (χ2v) is 4.70. The van der Waals surface area contributed by atoms with E-state index in [0.29, 0.717) is 0 Å². The first-order valence-electron chi connectivity index (χ1n) is 6.32. The standard InChI is InChI=1S/C14H22N2O/c1-16(9-10-17-2)14-6-4-3-5-12(14)11-15-13-7-8-13/h3-6,13,15H,7-11H2,1-2H3. The highest BCUT2D eigenvalue weighted by molar-refractivity contribution is 5.53. The normalized spacial score (nSPS) is 14.9. The molecule has 1 aromatic carbocycles. The Labute approximate surface area is 104 Å². The van der Waals surface area contributed by atoms with Gasteiger partial charge in [0.25, 0.3) is 0 Å². The van der Waals surface area contributed by atoms with Gasteiger partial charge in [-0.25, -0.2) is 0 Å². The largest absolute Gasteiger partial charge is 0.383 e. The van der Waals surface area contributed by atoms with E-state index in [1.165, 1.54) is 24.1 Å². The fraction of sp³-hybridized carbons (Fsp3) is 0.571. The Morgan fingerprint density at radius 3 is 2.82 bits per heavy atom. The molecule has 0 aromatic heterocycles. The molecule has 1 aromatic rings. The van der Waals surface area contributed by atoms with Gasteiger partial charge < -0.3 is 15.0 Å². The number of ether oxygens (including phenoxy) is 1. The quantitative estimate of drug-likeness (QED) is 0.781. The highest BCUT2D eigenvalue weighted by Crippen LogP contribution is 2.22. The number of nitrogens with one attached hydrogen (secondary N) is 1. The van der Waals surface area contributed by atoms with Gasteiger partial charge in [0.1, 0.15) is 0 Å². The monoisotopic (exact) mass is 234 g/mol. The van der Waals surface area contributed by atoms with E-state index in [0.717, 1.165) is 25.7 Å². The third-order valence-corrected chi connectivity index (χ3v) is 3.19. The maximum Gasteiger partial charge on any atom is 0.0637 e. The van der Waals surface area contributed by atoms with Crippen LogP contribution in [0.2, 0.25) is 0 Å². The van der Waals surface area contributed by atoms with Gasteiger partial charge in [-0.2, -0.15) is 0 Å². The van der Waals surface area contributed by atoms with Crippen LogP contribution in [0.1, 0.15) is 18.4 Å². The molecular weight excluding hydrogens is 212 g/mol. The van der Waals surface area contributed by atoms with Crippen LogP contribution in [-0.2, 0) is 11.3 Å². The molecule has 3 nitrogen and oxygen atoms in total. The third-order valence-electron chi connectivity index (χ3n) is 3.19. The topological polar surface area (TPSA) is 24.5 Å². The molecule has 17 heavy (non-hydrogen) atoms. The Bertz CT molecular complexity index is 350. The smallest absolute Gasteiger partial charge is 0.0637 e. The Hall–Kier alpha value is -1.06. The van der Waals surface area contributed by atoms with E-state index in [-0.39, 0.29) is 0 Å². The Kier molecular flexibility index (Phi) is 4.40. The highest BCUT2D eigenvalue weighted by atomic mass is 16.5. The molecule has 1 N–H and O–H groups in total. The van der Waals surface area contributed by atoms with E-state index in [9.17, 15) is 0 Å². The molecule has 0 amide bonds. The van der Waals surface area contributed by atoms with E-state index in [1.807, 2.05) is 0 Å². The number of hydrogen-bond donors (Lipinski definition) is 1. The van der Waals surface area contributed by atoms with Crippen molar-refractivity contribution in [3.05, 3.63) is 29.8 Å². The van der Waals surface area contributed by atoms with Gasteiger partial charge in [0.15, 0.2) is 0 Å². The molecule has 0 spiro atoms. The molecule has 0 unspecified atom stereocenters. The van der Waals surface area contributed by atoms with E-state index in [2.05, 4.69) is 41.5 Å². The second-order valence-electron chi connectivity index (χ2n) is 4.70. The summed E-state index contributed by atoms with van der Waals surface area (Å²) in [5.74, 6) is 0. The number of rotatable bonds is 7. The van der Waals surface area contributed by atoms with Crippen LogP contribution in [0.25, 0.3) is 0 Å². The summed E-state index contributed by atoms with van der Waals surface area (Å²) in [4.78, 5) is 2.26. The minimum absolute atomic E-state index is 0.757. The van der Waals surface area contributed by atoms with Crippen LogP contribution in [0.5, 0.6) is 0 Å². The summed E-state index contributed by atoms with van der Waals surface area (Å²) in [5, 5.41) is 3.57. The molecule has 1 aliphatic carbocycles. The van der Waals surface area contributed by atoms with Gasteiger partial charge in [0.05, 0.1) is 6.61 Å². The van der Waals surface area contributed by atoms with Gasteiger partial charge in [-0.1, -0.05) is 18.2 Å². The second kappa shape index (κ2) is 6.03. The van der Waals surface area contributed by atoms with E-state index in [4.69, 9.17) is 4.74 Å². The lowest BCUT2D eigenvalue weighted by Crippen LogP contribution is -2.25. The molecule has 0 bridgehead atoms. The summed E-state index contributed by atoms with van der Waals surface area (Å²) in [7, 11) is 3.86. The van der Waals surface area contributed by atoms with Crippen LogP contribution < -0.4 is 10.2 Å². The summed E-state index contributed by atoms with van der Waals surface area (Å²) < 4.78 is 5.12. The average Bonchev–Trinajstić information content (AvgIpc) is 3.18. The molecule has 2 rings (SSSR count). The van der Waals surface area contributed by atoms with Crippen molar-refractivity contribution in [1.29, 1.82) is 0 Å². The van der Waals surface area contributed by atoms with Gasteiger partial charge in [-0.3, -0.25) is 0 Å². The lowest BCUT2D eigenvalue weighted by atomic mass is 10.1. The predicted octanol–water partition coefficient (Wildman–Crippen LogP) is 2.02. The molecule has 0 atom stereocenters. The van der Waals surface area contributed by atoms with Crippen molar-refractivity contribution in [3.63, 3.8) is 0 Å². The lowest BCUT2D eigenvalue weighted by molar-refractivity contribution is 0.206. The van der Waals surface area contributed by atoms with Crippen LogP contribution in [-0.4, -0.2) is 33.4 Å². The molecule has 0 heterocycles. The van der Waals surface area contributed by atoms with Gasteiger partial charge in [-0.05, 0) is 24.5 Å². The summed E-state index contributed by atoms with van der Waals surface area (Å²) in [6.07, 6.45) is 2.67. The number of benzene rings is 1. The summed E-state index contributed by atoms with van der Waals surface area (Å²) in [6, 6.07) is 9.34. The molecule has 0 radical (unpaired) electrons. The Morgan fingerprint density at radius 1 is 1.35 bits per heavy atom. The summed E-state index contributed by atoms with van der Waals surface area (Å²) in [5.41, 5.74) is 2.68. The van der Waals surface area contributed by atoms with Crippen molar-refractivity contribution in [1.82, 2.24) is 5.32 Å². The van der Waals surface area contributed by atoms with Crippen molar-refractivity contribution in [3.8, 4) is 0 Å². The predicted molar refractivity (Wildman–Crippen MR) is 71.4 cm³/mol. The molecule has 1 aliphatic rings. The fourth-order valence-corrected chi connectivity index (χ4v) is 1.92. The zero-order valence-electron chi connectivity index (χ0n) is 10.8. The van der Waals surface area contributed by atoms with Crippen molar-refractivity contribution in [2.24, 2.45) is 0 Å². The number of hydrogen-bond acceptors (Lipinski definition) is 3. The van der Waals surface area contributed by atoms with Gasteiger partial charge in [0, 0.05) is 39.0 Å². The van der Waals surface area contributed by atoms with Gasteiger partial charge in [0.2, 0.25) is 0 Å². The molecular formula is C14H22N2O.